The zero-order chi connectivity index (χ0) is 45.7. The molecule has 4 amide bonds. The number of alkyl carbamates (subject to hydrolysis) is 2. The number of rotatable bonds is 12. The predicted octanol–water partition coefficient (Wildman–Crippen LogP) is 8.63. The number of methoxy groups -OCH3 is 2. The Balaban J connectivity index is 1.01. The minimum absolute atomic E-state index is 0.0903. The zero-order valence-corrected chi connectivity index (χ0v) is 38.0. The standard InChI is InChI=1S/C49H60FN9O6/c1-26(2)42(55-48(62)64-5)46(60)57-21-7-9-40(57)44-51-34-17-13-29(23-36(34)53-44)38-19-20-39(59(38)31-15-16-32(28-11-12-28)33(50)25-31)30-14-18-35-37(24-30)54-45(52-35)41-10-8-22-58(41)47(61)43(27(3)4)56-49(63)65-6/h13-18,23-28,38-43H,7-12,19-22H2,1-6H3,(H,51,53)(H,52,54)(H,55,62)(H,56,63)/t38-,39-,40+,41+,42+,43?/m1/s1. The summed E-state index contributed by atoms with van der Waals surface area (Å²) in [6.07, 6.45) is 5.48. The zero-order valence-electron chi connectivity index (χ0n) is 38.0. The molecule has 1 unspecified atom stereocenters. The van der Waals surface area contributed by atoms with E-state index < -0.39 is 24.3 Å². The van der Waals surface area contributed by atoms with E-state index in [4.69, 9.17) is 19.4 Å². The van der Waals surface area contributed by atoms with Gasteiger partial charge in [0.15, 0.2) is 0 Å². The van der Waals surface area contributed by atoms with E-state index in [2.05, 4.69) is 55.8 Å². The molecule has 0 bridgehead atoms. The van der Waals surface area contributed by atoms with Crippen LogP contribution in [0.3, 0.4) is 0 Å². The van der Waals surface area contributed by atoms with Gasteiger partial charge in [-0.3, -0.25) is 9.59 Å². The molecule has 5 heterocycles. The largest absolute Gasteiger partial charge is 0.453 e. The molecular formula is C49H60FN9O6. The van der Waals surface area contributed by atoms with Gasteiger partial charge in [0.1, 0.15) is 29.5 Å². The van der Waals surface area contributed by atoms with Crippen LogP contribution < -0.4 is 15.5 Å². The Hall–Kier alpha value is -6.19. The van der Waals surface area contributed by atoms with Crippen LogP contribution in [0.2, 0.25) is 0 Å². The van der Waals surface area contributed by atoms with Crippen molar-refractivity contribution < 1.29 is 33.0 Å². The van der Waals surface area contributed by atoms with Crippen LogP contribution in [-0.2, 0) is 19.1 Å². The van der Waals surface area contributed by atoms with Crippen LogP contribution in [0.5, 0.6) is 0 Å². The van der Waals surface area contributed by atoms with Crippen LogP contribution in [0.1, 0.15) is 137 Å². The molecule has 4 aliphatic rings. The van der Waals surface area contributed by atoms with E-state index in [0.29, 0.717) is 24.7 Å². The second-order valence-corrected chi connectivity index (χ2v) is 18.9. The van der Waals surface area contributed by atoms with E-state index in [1.165, 1.54) is 14.2 Å². The fraction of sp³-hybridized carbons (Fsp3) is 0.510. The lowest BCUT2D eigenvalue weighted by Gasteiger charge is -2.33. The van der Waals surface area contributed by atoms with Gasteiger partial charge in [-0.2, -0.15) is 0 Å². The first kappa shape index (κ1) is 44.0. The summed E-state index contributed by atoms with van der Waals surface area (Å²) in [7, 11) is 2.58. The summed E-state index contributed by atoms with van der Waals surface area (Å²) in [5.41, 5.74) is 6.99. The number of nitrogens with one attached hydrogen (secondary N) is 4. The van der Waals surface area contributed by atoms with Crippen molar-refractivity contribution in [1.29, 1.82) is 0 Å². The molecular weight excluding hydrogens is 830 g/mol. The highest BCUT2D eigenvalue weighted by atomic mass is 19.1. The van der Waals surface area contributed by atoms with Gasteiger partial charge in [-0.25, -0.2) is 23.9 Å². The van der Waals surface area contributed by atoms with Crippen molar-refractivity contribution in [3.8, 4) is 0 Å². The van der Waals surface area contributed by atoms with Gasteiger partial charge in [0.05, 0.1) is 60.5 Å². The van der Waals surface area contributed by atoms with Crippen LogP contribution >= 0.6 is 0 Å². The third kappa shape index (κ3) is 8.59. The van der Waals surface area contributed by atoms with E-state index in [9.17, 15) is 19.2 Å². The predicted molar refractivity (Wildman–Crippen MR) is 243 cm³/mol. The molecule has 3 aliphatic heterocycles. The summed E-state index contributed by atoms with van der Waals surface area (Å²) in [5, 5.41) is 5.45. The molecule has 0 radical (unpaired) electrons. The second-order valence-electron chi connectivity index (χ2n) is 18.9. The van der Waals surface area contributed by atoms with Crippen molar-refractivity contribution in [3.63, 3.8) is 0 Å². The number of aromatic amines is 2. The second kappa shape index (κ2) is 18.0. The molecule has 4 fully saturated rings. The fourth-order valence-corrected chi connectivity index (χ4v) is 10.4. The molecule has 5 aromatic rings. The quantitative estimate of drug-likeness (QED) is 0.0955. The monoisotopic (exact) mass is 889 g/mol. The maximum atomic E-state index is 15.9. The first-order valence-corrected chi connectivity index (χ1v) is 23.2. The number of hydrogen-bond donors (Lipinski definition) is 4. The number of halogens is 1. The van der Waals surface area contributed by atoms with Crippen molar-refractivity contribution in [2.24, 2.45) is 11.8 Å². The summed E-state index contributed by atoms with van der Waals surface area (Å²) in [6, 6.07) is 16.1. The summed E-state index contributed by atoms with van der Waals surface area (Å²) in [5.74, 6) is 0.908. The molecule has 15 nitrogen and oxygen atoms in total. The van der Waals surface area contributed by atoms with E-state index >= 15 is 4.39 Å². The van der Waals surface area contributed by atoms with Crippen LogP contribution in [0.15, 0.2) is 54.6 Å². The van der Waals surface area contributed by atoms with Gasteiger partial charge in [0.25, 0.3) is 0 Å². The molecule has 4 N–H and O–H groups in total. The first-order valence-electron chi connectivity index (χ1n) is 23.2. The lowest BCUT2D eigenvalue weighted by molar-refractivity contribution is -0.136. The van der Waals surface area contributed by atoms with Crippen LogP contribution in [0.25, 0.3) is 22.1 Å². The summed E-state index contributed by atoms with van der Waals surface area (Å²) in [6.45, 7) is 8.72. The lowest BCUT2D eigenvalue weighted by Crippen LogP contribution is -2.51. The number of ether oxygens (including phenoxy) is 2. The average molecular weight is 890 g/mol. The Morgan fingerprint density at radius 3 is 1.54 bits per heavy atom. The fourth-order valence-electron chi connectivity index (χ4n) is 10.4. The van der Waals surface area contributed by atoms with Crippen molar-refractivity contribution in [2.75, 3.05) is 32.2 Å². The van der Waals surface area contributed by atoms with Gasteiger partial charge in [-0.1, -0.05) is 45.9 Å². The number of anilines is 1. The minimum atomic E-state index is -0.728. The van der Waals surface area contributed by atoms with Gasteiger partial charge < -0.3 is 44.8 Å². The number of nitrogens with zero attached hydrogens (tertiary/aromatic N) is 5. The Morgan fingerprint density at radius 1 is 0.646 bits per heavy atom. The molecule has 9 rings (SSSR count). The Morgan fingerprint density at radius 2 is 1.12 bits per heavy atom. The molecule has 65 heavy (non-hydrogen) atoms. The van der Waals surface area contributed by atoms with Crippen LogP contribution in [-0.4, -0.2) is 93.1 Å². The van der Waals surface area contributed by atoms with Crippen molar-refractivity contribution in [3.05, 3.63) is 88.8 Å². The number of carbonyl (C=O) groups is 4. The number of hydrogen-bond acceptors (Lipinski definition) is 9. The van der Waals surface area contributed by atoms with Crippen molar-refractivity contribution >= 4 is 51.8 Å². The van der Waals surface area contributed by atoms with Crippen molar-refractivity contribution in [1.82, 2.24) is 40.4 Å². The molecule has 0 spiro atoms. The molecule has 6 atom stereocenters. The number of aromatic nitrogens is 4. The van der Waals surface area contributed by atoms with E-state index in [1.54, 1.807) is 6.07 Å². The highest BCUT2D eigenvalue weighted by Crippen LogP contribution is 2.49. The molecule has 1 aliphatic carbocycles. The number of fused-ring (bicyclic) bond motifs is 2. The molecule has 2 aromatic heterocycles. The Kier molecular flexibility index (Phi) is 12.2. The first-order chi connectivity index (χ1) is 31.3. The van der Waals surface area contributed by atoms with Crippen molar-refractivity contribution in [2.45, 2.75) is 121 Å². The lowest BCUT2D eigenvalue weighted by atomic mass is 10.0. The summed E-state index contributed by atoms with van der Waals surface area (Å²) < 4.78 is 25.6. The Bertz CT molecular complexity index is 2460. The van der Waals surface area contributed by atoms with Gasteiger partial charge in [0, 0.05) is 18.8 Å². The maximum Gasteiger partial charge on any atom is 0.407 e. The number of imidazole rings is 2. The van der Waals surface area contributed by atoms with Crippen LogP contribution in [0.4, 0.5) is 19.7 Å². The van der Waals surface area contributed by atoms with Gasteiger partial charge in [-0.15, -0.1) is 0 Å². The van der Waals surface area contributed by atoms with Crippen LogP contribution in [0, 0.1) is 17.7 Å². The topological polar surface area (TPSA) is 178 Å². The maximum absolute atomic E-state index is 15.9. The molecule has 1 saturated carbocycles. The highest BCUT2D eigenvalue weighted by molar-refractivity contribution is 5.87. The van der Waals surface area contributed by atoms with Gasteiger partial charge in [-0.05, 0) is 122 Å². The number of likely N-dealkylation sites (tertiary alicyclic amines) is 2. The molecule has 344 valence electrons. The van der Waals surface area contributed by atoms with Gasteiger partial charge >= 0.3 is 12.2 Å². The Labute approximate surface area is 378 Å². The van der Waals surface area contributed by atoms with Gasteiger partial charge in [0.2, 0.25) is 11.8 Å². The van der Waals surface area contributed by atoms with E-state index in [1.807, 2.05) is 55.7 Å². The average Bonchev–Trinajstić information content (AvgIpc) is 3.85. The summed E-state index contributed by atoms with van der Waals surface area (Å²) in [4.78, 5) is 75.2. The number of carbonyl (C=O) groups excluding carboxylic acids is 4. The third-order valence-electron chi connectivity index (χ3n) is 14.0. The minimum Gasteiger partial charge on any atom is -0.453 e. The third-order valence-corrected chi connectivity index (χ3v) is 14.0. The number of H-pyrrole nitrogens is 2. The summed E-state index contributed by atoms with van der Waals surface area (Å²) >= 11 is 0. The number of benzene rings is 3. The SMILES string of the molecule is COC(=O)NC(C(=O)N1CCC[C@H]1c1nc2cc([C@H]3CC[C@H](c4ccc5[nH]c([C@@H]6CCCN6C(=O)[C@@H](NC(=O)OC)C(C)C)nc5c4)N3c3ccc(C4CC4)c(F)c3)ccc2[nH]1)C(C)C. The smallest absolute Gasteiger partial charge is 0.407 e. The normalized spacial score (nSPS) is 22.0. The molecule has 3 aromatic carbocycles. The molecule has 16 heteroatoms. The number of amides is 4. The highest BCUT2D eigenvalue weighted by Gasteiger charge is 2.41. The molecule has 3 saturated heterocycles. The van der Waals surface area contributed by atoms with E-state index in [-0.39, 0.29) is 59.6 Å². The van der Waals surface area contributed by atoms with E-state index in [0.717, 1.165) is 95.8 Å².